The first-order valence-corrected chi connectivity index (χ1v) is 4.99. The molecule has 0 saturated heterocycles. The minimum atomic E-state index is -0.367. The average Bonchev–Trinajstić information content (AvgIpc) is 2.71. The van der Waals surface area contributed by atoms with Crippen molar-refractivity contribution in [3.63, 3.8) is 0 Å². The summed E-state index contributed by atoms with van der Waals surface area (Å²) in [5.41, 5.74) is 3.03. The number of amides is 1. The molecule has 0 saturated carbocycles. The summed E-state index contributed by atoms with van der Waals surface area (Å²) >= 11 is 0. The van der Waals surface area contributed by atoms with E-state index < -0.39 is 0 Å². The minimum Gasteiger partial charge on any atom is -0.290 e. The number of pyridine rings is 1. The van der Waals surface area contributed by atoms with Gasteiger partial charge in [-0.2, -0.15) is 0 Å². The van der Waals surface area contributed by atoms with E-state index in [0.29, 0.717) is 11.2 Å². The largest absolute Gasteiger partial charge is 0.290 e. The van der Waals surface area contributed by atoms with Gasteiger partial charge in [0.2, 0.25) is 0 Å². The number of nitrogens with one attached hydrogen (secondary N) is 1. The Morgan fingerprint density at radius 3 is 2.88 bits per heavy atom. The maximum atomic E-state index is 11.5. The molecule has 0 unspecified atom stereocenters. The fraction of sp³-hybridized carbons (Fsp3) is 0.300. The Balaban J connectivity index is 2.66. The van der Waals surface area contributed by atoms with E-state index in [0.717, 1.165) is 5.82 Å². The summed E-state index contributed by atoms with van der Waals surface area (Å²) in [6.07, 6.45) is 1.83. The summed E-state index contributed by atoms with van der Waals surface area (Å²) in [4.78, 5) is 11.5. The van der Waals surface area contributed by atoms with E-state index in [2.05, 4.69) is 15.6 Å². The van der Waals surface area contributed by atoms with Crippen LogP contribution in [0.5, 0.6) is 0 Å². The zero-order chi connectivity index (χ0) is 11.7. The molecule has 0 radical (unpaired) electrons. The second-order valence-corrected chi connectivity index (χ2v) is 3.80. The monoisotopic (exact) mass is 219 g/mol. The molecule has 2 aromatic rings. The lowest BCUT2D eigenvalue weighted by Crippen LogP contribution is -2.30. The number of hydrogen-bond donors (Lipinski definition) is 2. The van der Waals surface area contributed by atoms with Crippen molar-refractivity contribution in [2.75, 3.05) is 0 Å². The first-order chi connectivity index (χ1) is 7.65. The summed E-state index contributed by atoms with van der Waals surface area (Å²) in [5.74, 6) is 5.80. The van der Waals surface area contributed by atoms with Crippen molar-refractivity contribution >= 4 is 11.6 Å². The Morgan fingerprint density at radius 1 is 1.50 bits per heavy atom. The number of carbonyl (C=O) groups excluding carboxylic acids is 1. The molecular formula is C10H13N5O. The van der Waals surface area contributed by atoms with Gasteiger partial charge in [-0.05, 0) is 12.1 Å². The van der Waals surface area contributed by atoms with Gasteiger partial charge in [0.1, 0.15) is 5.82 Å². The van der Waals surface area contributed by atoms with Crippen LogP contribution < -0.4 is 11.3 Å². The molecule has 0 aliphatic heterocycles. The highest BCUT2D eigenvalue weighted by molar-refractivity contribution is 5.99. The molecule has 3 N–H and O–H groups in total. The van der Waals surface area contributed by atoms with E-state index in [9.17, 15) is 4.79 Å². The topological polar surface area (TPSA) is 85.3 Å². The minimum absolute atomic E-state index is 0.242. The number of nitrogens with zero attached hydrogens (tertiary/aromatic N) is 3. The van der Waals surface area contributed by atoms with Crippen LogP contribution in [-0.4, -0.2) is 20.5 Å². The van der Waals surface area contributed by atoms with Crippen LogP contribution in [0.4, 0.5) is 0 Å². The van der Waals surface area contributed by atoms with E-state index in [1.165, 1.54) is 0 Å². The Kier molecular flexibility index (Phi) is 2.57. The molecule has 0 aliphatic rings. The zero-order valence-corrected chi connectivity index (χ0v) is 9.14. The molecule has 0 atom stereocenters. The third kappa shape index (κ3) is 1.53. The van der Waals surface area contributed by atoms with Crippen molar-refractivity contribution in [3.05, 3.63) is 29.7 Å². The van der Waals surface area contributed by atoms with E-state index in [1.54, 1.807) is 16.5 Å². The van der Waals surface area contributed by atoms with E-state index in [4.69, 9.17) is 5.84 Å². The molecule has 0 aromatic carbocycles. The first kappa shape index (κ1) is 10.6. The van der Waals surface area contributed by atoms with Crippen LogP contribution in [0.1, 0.15) is 35.9 Å². The molecule has 0 aliphatic carbocycles. The highest BCUT2D eigenvalue weighted by atomic mass is 16.2. The van der Waals surface area contributed by atoms with Crippen molar-refractivity contribution in [3.8, 4) is 0 Å². The zero-order valence-electron chi connectivity index (χ0n) is 9.14. The van der Waals surface area contributed by atoms with Crippen molar-refractivity contribution in [1.82, 2.24) is 20.0 Å². The molecule has 0 spiro atoms. The fourth-order valence-corrected chi connectivity index (χ4v) is 1.58. The molecule has 16 heavy (non-hydrogen) atoms. The molecule has 1 amide bonds. The van der Waals surface area contributed by atoms with Crippen molar-refractivity contribution in [2.45, 2.75) is 19.8 Å². The van der Waals surface area contributed by atoms with Gasteiger partial charge in [-0.3, -0.25) is 14.6 Å². The van der Waals surface area contributed by atoms with Gasteiger partial charge in [-0.1, -0.05) is 13.8 Å². The van der Waals surface area contributed by atoms with Crippen molar-refractivity contribution in [2.24, 2.45) is 5.84 Å². The summed E-state index contributed by atoms with van der Waals surface area (Å²) in [7, 11) is 0. The first-order valence-electron chi connectivity index (χ1n) is 4.99. The molecule has 6 heteroatoms. The second-order valence-electron chi connectivity index (χ2n) is 3.80. The SMILES string of the molecule is CC(C)c1nnc2c(C(=O)NN)cccn12. The van der Waals surface area contributed by atoms with Gasteiger partial charge < -0.3 is 0 Å². The van der Waals surface area contributed by atoms with E-state index in [-0.39, 0.29) is 11.8 Å². The Labute approximate surface area is 92.4 Å². The lowest BCUT2D eigenvalue weighted by Gasteiger charge is -2.04. The lowest BCUT2D eigenvalue weighted by atomic mass is 10.2. The summed E-state index contributed by atoms with van der Waals surface area (Å²) in [6.45, 7) is 4.04. The Bertz CT molecular complexity index is 531. The molecule has 2 rings (SSSR count). The van der Waals surface area contributed by atoms with Gasteiger partial charge in [0.05, 0.1) is 5.56 Å². The number of fused-ring (bicyclic) bond motifs is 1. The quantitative estimate of drug-likeness (QED) is 0.436. The van der Waals surface area contributed by atoms with Crippen LogP contribution in [0.25, 0.3) is 5.65 Å². The highest BCUT2D eigenvalue weighted by Gasteiger charge is 2.15. The van der Waals surface area contributed by atoms with Gasteiger partial charge in [-0.25, -0.2) is 5.84 Å². The van der Waals surface area contributed by atoms with Crippen molar-refractivity contribution < 1.29 is 4.79 Å². The van der Waals surface area contributed by atoms with E-state index in [1.807, 2.05) is 20.0 Å². The van der Waals surface area contributed by atoms with Crippen LogP contribution in [0.15, 0.2) is 18.3 Å². The summed E-state index contributed by atoms with van der Waals surface area (Å²) < 4.78 is 1.80. The number of carbonyl (C=O) groups is 1. The molecule has 2 aromatic heterocycles. The highest BCUT2D eigenvalue weighted by Crippen LogP contribution is 2.15. The van der Waals surface area contributed by atoms with Crippen LogP contribution in [0, 0.1) is 0 Å². The van der Waals surface area contributed by atoms with Crippen LogP contribution >= 0.6 is 0 Å². The van der Waals surface area contributed by atoms with Crippen LogP contribution in [-0.2, 0) is 0 Å². The van der Waals surface area contributed by atoms with Gasteiger partial charge in [-0.15, -0.1) is 10.2 Å². The number of nitrogen functional groups attached to an aromatic ring is 1. The Hall–Kier alpha value is -1.95. The molecular weight excluding hydrogens is 206 g/mol. The molecule has 0 bridgehead atoms. The lowest BCUT2D eigenvalue weighted by molar-refractivity contribution is 0.0954. The summed E-state index contributed by atoms with van der Waals surface area (Å²) in [5, 5.41) is 8.07. The maximum Gasteiger partial charge on any atom is 0.269 e. The smallest absolute Gasteiger partial charge is 0.269 e. The van der Waals surface area contributed by atoms with Crippen molar-refractivity contribution in [1.29, 1.82) is 0 Å². The molecule has 6 nitrogen and oxygen atoms in total. The third-order valence-electron chi connectivity index (χ3n) is 2.35. The Morgan fingerprint density at radius 2 is 2.25 bits per heavy atom. The van der Waals surface area contributed by atoms with Gasteiger partial charge >= 0.3 is 0 Å². The molecule has 84 valence electrons. The predicted molar refractivity (Wildman–Crippen MR) is 58.7 cm³/mol. The van der Waals surface area contributed by atoms with E-state index >= 15 is 0 Å². The molecule has 2 heterocycles. The normalized spacial score (nSPS) is 11.0. The number of aromatic nitrogens is 3. The van der Waals surface area contributed by atoms with Gasteiger partial charge in [0, 0.05) is 12.1 Å². The predicted octanol–water partition coefficient (Wildman–Crippen LogP) is 0.456. The third-order valence-corrected chi connectivity index (χ3v) is 2.35. The molecule has 0 fully saturated rings. The standard InChI is InChI=1S/C10H13N5O/c1-6(2)8-13-14-9-7(10(16)12-11)4-3-5-15(8)9/h3-6H,11H2,1-2H3,(H,12,16). The summed E-state index contributed by atoms with van der Waals surface area (Å²) in [6, 6.07) is 3.43. The number of hydrazine groups is 1. The fourth-order valence-electron chi connectivity index (χ4n) is 1.58. The number of rotatable bonds is 2. The number of hydrogen-bond acceptors (Lipinski definition) is 4. The second kappa shape index (κ2) is 3.90. The number of nitrogens with two attached hydrogens (primary N) is 1. The maximum absolute atomic E-state index is 11.5. The van der Waals surface area contributed by atoms with Crippen LogP contribution in [0.3, 0.4) is 0 Å². The van der Waals surface area contributed by atoms with Crippen LogP contribution in [0.2, 0.25) is 0 Å². The van der Waals surface area contributed by atoms with Gasteiger partial charge in [0.25, 0.3) is 5.91 Å². The average molecular weight is 219 g/mol. The van der Waals surface area contributed by atoms with Gasteiger partial charge in [0.15, 0.2) is 5.65 Å².